The average molecular weight is 318 g/mol. The van der Waals surface area contributed by atoms with E-state index in [0.717, 1.165) is 25.7 Å². The largest absolute Gasteiger partial charge is 0.389 e. The minimum atomic E-state index is -3.68. The van der Waals surface area contributed by atoms with E-state index in [1.807, 2.05) is 0 Å². The minimum absolute atomic E-state index is 0.0422. The molecule has 1 saturated carbocycles. The minimum Gasteiger partial charge on any atom is -0.389 e. The normalized spacial score (nSPS) is 19.5. The molecule has 0 spiro atoms. The molecule has 0 saturated heterocycles. The molecule has 0 aromatic heterocycles. The van der Waals surface area contributed by atoms with Crippen LogP contribution in [0.25, 0.3) is 0 Å². The van der Waals surface area contributed by atoms with Gasteiger partial charge in [-0.3, -0.25) is 0 Å². The van der Waals surface area contributed by atoms with E-state index in [0.29, 0.717) is 12.8 Å². The molecule has 6 heteroatoms. The monoisotopic (exact) mass is 317 g/mol. The van der Waals surface area contributed by atoms with Crippen molar-refractivity contribution < 1.29 is 13.5 Å². The van der Waals surface area contributed by atoms with Crippen molar-refractivity contribution in [2.24, 2.45) is 0 Å². The Labute approximate surface area is 125 Å². The fourth-order valence-corrected chi connectivity index (χ4v) is 4.17. The highest BCUT2D eigenvalue weighted by molar-refractivity contribution is 7.89. The first-order valence-corrected chi connectivity index (χ1v) is 8.76. The summed E-state index contributed by atoms with van der Waals surface area (Å²) in [7, 11) is -3.68. The molecule has 1 aliphatic rings. The second-order valence-corrected chi connectivity index (χ2v) is 7.54. The van der Waals surface area contributed by atoms with Crippen LogP contribution in [0, 0.1) is 0 Å². The summed E-state index contributed by atoms with van der Waals surface area (Å²) in [4.78, 5) is 0.0545. The molecule has 1 aromatic rings. The van der Waals surface area contributed by atoms with E-state index in [2.05, 4.69) is 4.72 Å². The predicted molar refractivity (Wildman–Crippen MR) is 79.3 cm³/mol. The van der Waals surface area contributed by atoms with Crippen LogP contribution in [0.4, 0.5) is 0 Å². The number of rotatable bonds is 4. The summed E-state index contributed by atoms with van der Waals surface area (Å²) in [5.41, 5.74) is -0.940. The average Bonchev–Trinajstić information content (AvgIpc) is 2.63. The van der Waals surface area contributed by atoms with Gasteiger partial charge >= 0.3 is 0 Å². The fraction of sp³-hybridized carbons (Fsp3) is 0.571. The predicted octanol–water partition coefficient (Wildman–Crippen LogP) is 2.70. The molecule has 1 fully saturated rings. The summed E-state index contributed by atoms with van der Waals surface area (Å²) in [6.45, 7) is 0.0422. The van der Waals surface area contributed by atoms with Crippen LogP contribution >= 0.6 is 11.6 Å². The van der Waals surface area contributed by atoms with Gasteiger partial charge in [-0.05, 0) is 25.0 Å². The van der Waals surface area contributed by atoms with Crippen LogP contribution in [0.1, 0.15) is 38.5 Å². The van der Waals surface area contributed by atoms with E-state index in [9.17, 15) is 13.5 Å². The highest BCUT2D eigenvalue weighted by Gasteiger charge is 2.30. The lowest BCUT2D eigenvalue weighted by Crippen LogP contribution is -2.42. The van der Waals surface area contributed by atoms with Gasteiger partial charge in [0, 0.05) is 6.54 Å². The topological polar surface area (TPSA) is 66.4 Å². The molecule has 112 valence electrons. The maximum absolute atomic E-state index is 12.2. The molecule has 4 nitrogen and oxygen atoms in total. The van der Waals surface area contributed by atoms with Gasteiger partial charge in [0.15, 0.2) is 0 Å². The van der Waals surface area contributed by atoms with E-state index in [-0.39, 0.29) is 16.5 Å². The molecule has 0 amide bonds. The number of sulfonamides is 1. The number of halogens is 1. The van der Waals surface area contributed by atoms with Gasteiger partial charge in [0.2, 0.25) is 10.0 Å². The smallest absolute Gasteiger partial charge is 0.242 e. The third-order valence-electron chi connectivity index (χ3n) is 3.75. The van der Waals surface area contributed by atoms with Crippen LogP contribution < -0.4 is 4.72 Å². The van der Waals surface area contributed by atoms with Crippen LogP contribution in [-0.4, -0.2) is 25.7 Å². The van der Waals surface area contributed by atoms with Gasteiger partial charge in [-0.15, -0.1) is 0 Å². The van der Waals surface area contributed by atoms with Crippen molar-refractivity contribution in [1.82, 2.24) is 4.72 Å². The molecule has 20 heavy (non-hydrogen) atoms. The number of hydrogen-bond donors (Lipinski definition) is 2. The van der Waals surface area contributed by atoms with Crippen LogP contribution in [0.15, 0.2) is 29.2 Å². The molecule has 0 atom stereocenters. The van der Waals surface area contributed by atoms with E-state index in [1.165, 1.54) is 12.1 Å². The molecule has 2 rings (SSSR count). The Kier molecular flexibility index (Phi) is 5.07. The summed E-state index contributed by atoms with van der Waals surface area (Å²) in [5.74, 6) is 0. The zero-order chi connectivity index (χ0) is 14.6. The Morgan fingerprint density at radius 1 is 1.15 bits per heavy atom. The number of aliphatic hydroxyl groups is 1. The van der Waals surface area contributed by atoms with Crippen molar-refractivity contribution in [2.75, 3.05) is 6.54 Å². The van der Waals surface area contributed by atoms with Crippen LogP contribution in [-0.2, 0) is 10.0 Å². The van der Waals surface area contributed by atoms with Crippen molar-refractivity contribution in [3.05, 3.63) is 29.3 Å². The summed E-state index contributed by atoms with van der Waals surface area (Å²) in [6, 6.07) is 6.30. The Balaban J connectivity index is 2.07. The molecule has 0 bridgehead atoms. The van der Waals surface area contributed by atoms with Gasteiger partial charge in [-0.25, -0.2) is 13.1 Å². The van der Waals surface area contributed by atoms with Crippen LogP contribution in [0.2, 0.25) is 5.02 Å². The first kappa shape index (κ1) is 15.8. The van der Waals surface area contributed by atoms with E-state index in [1.54, 1.807) is 12.1 Å². The molecule has 0 aliphatic heterocycles. The quantitative estimate of drug-likeness (QED) is 0.839. The molecular weight excluding hydrogens is 298 g/mol. The second-order valence-electron chi connectivity index (χ2n) is 5.39. The zero-order valence-corrected chi connectivity index (χ0v) is 12.9. The third kappa shape index (κ3) is 3.95. The van der Waals surface area contributed by atoms with Crippen LogP contribution in [0.5, 0.6) is 0 Å². The van der Waals surface area contributed by atoms with E-state index >= 15 is 0 Å². The highest BCUT2D eigenvalue weighted by atomic mass is 35.5. The molecule has 0 heterocycles. The number of nitrogens with one attached hydrogen (secondary N) is 1. The van der Waals surface area contributed by atoms with Gasteiger partial charge in [0.05, 0.1) is 10.6 Å². The molecule has 2 N–H and O–H groups in total. The summed E-state index contributed by atoms with van der Waals surface area (Å²) >= 11 is 5.91. The van der Waals surface area contributed by atoms with E-state index in [4.69, 9.17) is 11.6 Å². The molecule has 0 radical (unpaired) electrons. The zero-order valence-electron chi connectivity index (χ0n) is 11.3. The fourth-order valence-electron chi connectivity index (χ4n) is 2.53. The third-order valence-corrected chi connectivity index (χ3v) is 5.65. The van der Waals surface area contributed by atoms with Gasteiger partial charge < -0.3 is 5.11 Å². The number of benzene rings is 1. The lowest BCUT2D eigenvalue weighted by Gasteiger charge is -2.26. The van der Waals surface area contributed by atoms with Crippen molar-refractivity contribution in [3.63, 3.8) is 0 Å². The Bertz CT molecular complexity index is 551. The Morgan fingerprint density at radius 3 is 2.35 bits per heavy atom. The maximum Gasteiger partial charge on any atom is 0.242 e. The van der Waals surface area contributed by atoms with Gasteiger partial charge in [-0.1, -0.05) is 49.4 Å². The Hall–Kier alpha value is -0.620. The van der Waals surface area contributed by atoms with Crippen molar-refractivity contribution >= 4 is 21.6 Å². The second kappa shape index (κ2) is 6.43. The Morgan fingerprint density at radius 2 is 1.75 bits per heavy atom. The van der Waals surface area contributed by atoms with E-state index < -0.39 is 15.6 Å². The summed E-state index contributed by atoms with van der Waals surface area (Å²) in [5, 5.41) is 10.7. The highest BCUT2D eigenvalue weighted by Crippen LogP contribution is 2.27. The number of hydrogen-bond acceptors (Lipinski definition) is 3. The van der Waals surface area contributed by atoms with Gasteiger partial charge in [0.25, 0.3) is 0 Å². The lowest BCUT2D eigenvalue weighted by atomic mass is 9.95. The molecule has 1 aliphatic carbocycles. The molecule has 0 unspecified atom stereocenters. The standard InChI is InChI=1S/C14H20ClNO3S/c15-12-7-3-4-8-13(12)20(18,19)16-11-14(17)9-5-1-2-6-10-14/h3-4,7-8,16-17H,1-2,5-6,9-11H2. The lowest BCUT2D eigenvalue weighted by molar-refractivity contribution is 0.0303. The summed E-state index contributed by atoms with van der Waals surface area (Å²) < 4.78 is 26.9. The van der Waals surface area contributed by atoms with Crippen LogP contribution in [0.3, 0.4) is 0 Å². The van der Waals surface area contributed by atoms with Gasteiger partial charge in [-0.2, -0.15) is 0 Å². The molecule has 1 aromatic carbocycles. The van der Waals surface area contributed by atoms with Crippen molar-refractivity contribution in [1.29, 1.82) is 0 Å². The first-order valence-electron chi connectivity index (χ1n) is 6.90. The SMILES string of the molecule is O=S(=O)(NCC1(O)CCCCCC1)c1ccccc1Cl. The van der Waals surface area contributed by atoms with Crippen molar-refractivity contribution in [2.45, 2.75) is 49.0 Å². The van der Waals surface area contributed by atoms with Crippen molar-refractivity contribution in [3.8, 4) is 0 Å². The van der Waals surface area contributed by atoms with Gasteiger partial charge in [0.1, 0.15) is 4.90 Å². The first-order chi connectivity index (χ1) is 9.43. The molecular formula is C14H20ClNO3S. The maximum atomic E-state index is 12.2. The summed E-state index contributed by atoms with van der Waals surface area (Å²) in [6.07, 6.45) is 5.34.